The maximum atomic E-state index is 11.3. The van der Waals surface area contributed by atoms with Crippen LogP contribution in [0, 0.1) is 0 Å². The van der Waals surface area contributed by atoms with Gasteiger partial charge in [-0.2, -0.15) is 0 Å². The molecule has 2 nitrogen and oxygen atoms in total. The molecule has 1 fully saturated rings. The summed E-state index contributed by atoms with van der Waals surface area (Å²) in [5, 5.41) is 12.2. The van der Waals surface area contributed by atoms with Crippen molar-refractivity contribution < 1.29 is 9.90 Å². The highest BCUT2D eigenvalue weighted by Gasteiger charge is 2.37. The Morgan fingerprint density at radius 3 is 2.31 bits per heavy atom. The second-order valence-electron chi connectivity index (χ2n) is 4.21. The van der Waals surface area contributed by atoms with Gasteiger partial charge in [0.25, 0.3) is 0 Å². The molecule has 1 saturated carbocycles. The molecule has 0 radical (unpaired) electrons. The SMILES string of the molecule is O=C([O-])C1(c2ccc(Cl)c(Cl)c2)CCCC1. The summed E-state index contributed by atoms with van der Waals surface area (Å²) in [4.78, 5) is 11.3. The van der Waals surface area contributed by atoms with Crippen LogP contribution >= 0.6 is 23.2 Å². The first-order chi connectivity index (χ1) is 7.56. The predicted octanol–water partition coefficient (Wildman–Crippen LogP) is 2.56. The zero-order valence-corrected chi connectivity index (χ0v) is 10.1. The Bertz CT molecular complexity index is 423. The number of carboxylic acids is 1. The van der Waals surface area contributed by atoms with Gasteiger partial charge >= 0.3 is 0 Å². The lowest BCUT2D eigenvalue weighted by molar-refractivity contribution is -0.313. The summed E-state index contributed by atoms with van der Waals surface area (Å²) in [6.45, 7) is 0. The van der Waals surface area contributed by atoms with Crippen LogP contribution in [0.1, 0.15) is 31.2 Å². The van der Waals surface area contributed by atoms with Crippen molar-refractivity contribution in [1.29, 1.82) is 0 Å². The van der Waals surface area contributed by atoms with E-state index < -0.39 is 11.4 Å². The number of aliphatic carboxylic acids is 1. The molecule has 16 heavy (non-hydrogen) atoms. The molecule has 0 amide bonds. The number of carbonyl (C=O) groups is 1. The molecule has 0 saturated heterocycles. The van der Waals surface area contributed by atoms with Crippen molar-refractivity contribution in [2.75, 3.05) is 0 Å². The summed E-state index contributed by atoms with van der Waals surface area (Å²) >= 11 is 11.7. The summed E-state index contributed by atoms with van der Waals surface area (Å²) in [6.07, 6.45) is 3.06. The van der Waals surface area contributed by atoms with Crippen molar-refractivity contribution in [1.82, 2.24) is 0 Å². The van der Waals surface area contributed by atoms with Gasteiger partial charge in [-0.25, -0.2) is 0 Å². The van der Waals surface area contributed by atoms with Crippen molar-refractivity contribution >= 4 is 29.2 Å². The van der Waals surface area contributed by atoms with Gasteiger partial charge in [-0.1, -0.05) is 42.1 Å². The lowest BCUT2D eigenvalue weighted by atomic mass is 9.79. The maximum Gasteiger partial charge on any atom is 0.0595 e. The second kappa shape index (κ2) is 4.27. The Morgan fingerprint density at radius 2 is 1.81 bits per heavy atom. The quantitative estimate of drug-likeness (QED) is 0.817. The van der Waals surface area contributed by atoms with Gasteiger partial charge in [-0.3, -0.25) is 0 Å². The third-order valence-corrected chi connectivity index (χ3v) is 4.06. The lowest BCUT2D eigenvalue weighted by Crippen LogP contribution is -2.43. The van der Waals surface area contributed by atoms with Crippen molar-refractivity contribution in [3.8, 4) is 0 Å². The van der Waals surface area contributed by atoms with Gasteiger partial charge in [-0.05, 0) is 30.5 Å². The van der Waals surface area contributed by atoms with E-state index >= 15 is 0 Å². The van der Waals surface area contributed by atoms with E-state index in [9.17, 15) is 9.90 Å². The maximum absolute atomic E-state index is 11.3. The highest BCUT2D eigenvalue weighted by Crippen LogP contribution is 2.42. The molecule has 1 aromatic rings. The zero-order valence-electron chi connectivity index (χ0n) is 8.63. The van der Waals surface area contributed by atoms with E-state index in [1.54, 1.807) is 18.2 Å². The van der Waals surface area contributed by atoms with E-state index in [-0.39, 0.29) is 0 Å². The van der Waals surface area contributed by atoms with Gasteiger partial charge in [-0.15, -0.1) is 0 Å². The van der Waals surface area contributed by atoms with Crippen LogP contribution in [0.3, 0.4) is 0 Å². The molecule has 0 heterocycles. The molecule has 86 valence electrons. The molecule has 0 N–H and O–H groups in total. The minimum Gasteiger partial charge on any atom is -0.549 e. The molecule has 1 aliphatic carbocycles. The van der Waals surface area contributed by atoms with E-state index in [1.165, 1.54) is 0 Å². The van der Waals surface area contributed by atoms with E-state index in [4.69, 9.17) is 23.2 Å². The van der Waals surface area contributed by atoms with Crippen molar-refractivity contribution in [2.24, 2.45) is 0 Å². The minimum absolute atomic E-state index is 0.395. The minimum atomic E-state index is -1.01. The van der Waals surface area contributed by atoms with Crippen LogP contribution in [-0.4, -0.2) is 5.97 Å². The van der Waals surface area contributed by atoms with Gasteiger partial charge in [0.05, 0.1) is 16.0 Å². The molecule has 0 spiro atoms. The lowest BCUT2D eigenvalue weighted by Gasteiger charge is -2.31. The number of benzene rings is 1. The van der Waals surface area contributed by atoms with E-state index in [1.807, 2.05) is 0 Å². The predicted molar refractivity (Wildman–Crippen MR) is 61.6 cm³/mol. The number of rotatable bonds is 2. The largest absolute Gasteiger partial charge is 0.549 e. The molecule has 0 aromatic heterocycles. The molecule has 2 rings (SSSR count). The molecule has 1 aromatic carbocycles. The third kappa shape index (κ3) is 1.80. The van der Waals surface area contributed by atoms with Crippen LogP contribution in [-0.2, 0) is 10.2 Å². The van der Waals surface area contributed by atoms with Gasteiger partial charge in [0.2, 0.25) is 0 Å². The Balaban J connectivity index is 2.47. The summed E-state index contributed by atoms with van der Waals surface area (Å²) in [5.74, 6) is -1.01. The normalized spacial score (nSPS) is 18.6. The topological polar surface area (TPSA) is 40.1 Å². The second-order valence-corrected chi connectivity index (χ2v) is 5.02. The first-order valence-electron chi connectivity index (χ1n) is 5.23. The average molecular weight is 258 g/mol. The first kappa shape index (κ1) is 11.7. The van der Waals surface area contributed by atoms with Crippen LogP contribution < -0.4 is 5.11 Å². The Labute approximate surface area is 104 Å². The Hall–Kier alpha value is -0.730. The number of hydrogen-bond acceptors (Lipinski definition) is 2. The summed E-state index contributed by atoms with van der Waals surface area (Å²) in [6, 6.07) is 5.02. The van der Waals surface area contributed by atoms with Crippen LogP contribution in [0.15, 0.2) is 18.2 Å². The van der Waals surface area contributed by atoms with Gasteiger partial charge in [0.15, 0.2) is 0 Å². The molecular formula is C12H11Cl2O2-. The molecule has 1 aliphatic rings. The summed E-state index contributed by atoms with van der Waals surface area (Å²) in [5.41, 5.74) is -0.159. The van der Waals surface area contributed by atoms with Crippen LogP contribution in [0.2, 0.25) is 10.0 Å². The van der Waals surface area contributed by atoms with Gasteiger partial charge in [0, 0.05) is 5.41 Å². The number of carbonyl (C=O) groups excluding carboxylic acids is 1. The number of carboxylic acid groups (broad SMARTS) is 1. The van der Waals surface area contributed by atoms with Gasteiger partial charge < -0.3 is 9.90 Å². The summed E-state index contributed by atoms with van der Waals surface area (Å²) < 4.78 is 0. The molecule has 4 heteroatoms. The van der Waals surface area contributed by atoms with Crippen LogP contribution in [0.4, 0.5) is 0 Å². The fraction of sp³-hybridized carbons (Fsp3) is 0.417. The smallest absolute Gasteiger partial charge is 0.0595 e. The van der Waals surface area contributed by atoms with E-state index in [0.29, 0.717) is 28.5 Å². The Kier molecular flexibility index (Phi) is 3.13. The summed E-state index contributed by atoms with van der Waals surface area (Å²) in [7, 11) is 0. The Morgan fingerprint density at radius 1 is 1.19 bits per heavy atom. The van der Waals surface area contributed by atoms with Crippen LogP contribution in [0.5, 0.6) is 0 Å². The third-order valence-electron chi connectivity index (χ3n) is 3.32. The van der Waals surface area contributed by atoms with E-state index in [0.717, 1.165) is 12.8 Å². The highest BCUT2D eigenvalue weighted by atomic mass is 35.5. The molecule has 0 atom stereocenters. The molecular weight excluding hydrogens is 247 g/mol. The zero-order chi connectivity index (χ0) is 11.8. The number of halogens is 2. The average Bonchev–Trinajstić information content (AvgIpc) is 2.72. The van der Waals surface area contributed by atoms with E-state index in [2.05, 4.69) is 0 Å². The molecule has 0 aliphatic heterocycles. The fourth-order valence-corrected chi connectivity index (χ4v) is 2.68. The van der Waals surface area contributed by atoms with Crippen molar-refractivity contribution in [3.63, 3.8) is 0 Å². The van der Waals surface area contributed by atoms with Crippen molar-refractivity contribution in [3.05, 3.63) is 33.8 Å². The molecule has 0 unspecified atom stereocenters. The fourth-order valence-electron chi connectivity index (χ4n) is 2.38. The van der Waals surface area contributed by atoms with Crippen LogP contribution in [0.25, 0.3) is 0 Å². The highest BCUT2D eigenvalue weighted by molar-refractivity contribution is 6.42. The first-order valence-corrected chi connectivity index (χ1v) is 5.99. The monoisotopic (exact) mass is 257 g/mol. The number of hydrogen-bond donors (Lipinski definition) is 0. The van der Waals surface area contributed by atoms with Gasteiger partial charge in [0.1, 0.15) is 0 Å². The standard InChI is InChI=1S/C12H12Cl2O2/c13-9-4-3-8(7-10(9)14)12(11(15)16)5-1-2-6-12/h3-4,7H,1-2,5-6H2,(H,15,16)/p-1. The molecule has 0 bridgehead atoms. The van der Waals surface area contributed by atoms with Crippen molar-refractivity contribution in [2.45, 2.75) is 31.1 Å².